The Morgan fingerprint density at radius 2 is 2.04 bits per heavy atom. The van der Waals surface area contributed by atoms with Crippen LogP contribution in [-0.2, 0) is 15.3 Å². The minimum atomic E-state index is -2.93. The average Bonchev–Trinajstić information content (AvgIpc) is 2.98. The largest absolute Gasteiger partial charge is 0.356 e. The van der Waals surface area contributed by atoms with E-state index in [1.165, 1.54) is 12.5 Å². The van der Waals surface area contributed by atoms with E-state index in [1.807, 2.05) is 6.07 Å². The highest BCUT2D eigenvalue weighted by Gasteiger charge is 2.35. The van der Waals surface area contributed by atoms with Crippen LogP contribution in [0.5, 0.6) is 0 Å². The molecule has 0 amide bonds. The zero-order chi connectivity index (χ0) is 18.6. The van der Waals surface area contributed by atoms with Crippen LogP contribution in [-0.4, -0.2) is 45.5 Å². The molecule has 152 valence electrons. The first-order valence-corrected chi connectivity index (χ1v) is 11.2. The minimum absolute atomic E-state index is 0. The van der Waals surface area contributed by atoms with Crippen LogP contribution in [0, 0.1) is 5.82 Å². The van der Waals surface area contributed by atoms with Crippen LogP contribution in [0.2, 0.25) is 0 Å². The van der Waals surface area contributed by atoms with Gasteiger partial charge in [0.15, 0.2) is 15.8 Å². The molecule has 0 bridgehead atoms. The maximum absolute atomic E-state index is 13.8. The van der Waals surface area contributed by atoms with E-state index in [-0.39, 0.29) is 52.8 Å². The van der Waals surface area contributed by atoms with Crippen molar-refractivity contribution in [3.05, 3.63) is 35.6 Å². The second kappa shape index (κ2) is 9.54. The number of halogens is 2. The fraction of sp³-hybridized carbons (Fsp3) is 0.632. The second-order valence-corrected chi connectivity index (χ2v) is 9.75. The Bertz CT molecular complexity index is 764. The molecule has 0 radical (unpaired) electrons. The lowest BCUT2D eigenvalue weighted by Crippen LogP contribution is -2.49. The summed E-state index contributed by atoms with van der Waals surface area (Å²) in [6.07, 6.45) is 6.11. The van der Waals surface area contributed by atoms with E-state index >= 15 is 0 Å². The number of aliphatic imine (C=N–C) groups is 1. The summed E-state index contributed by atoms with van der Waals surface area (Å²) in [4.78, 5) is 4.25. The maximum atomic E-state index is 13.8. The molecule has 0 aromatic heterocycles. The summed E-state index contributed by atoms with van der Waals surface area (Å²) < 4.78 is 37.1. The van der Waals surface area contributed by atoms with Crippen LogP contribution in [0.15, 0.2) is 29.3 Å². The smallest absolute Gasteiger partial charge is 0.191 e. The van der Waals surface area contributed by atoms with Crippen molar-refractivity contribution in [1.82, 2.24) is 10.6 Å². The van der Waals surface area contributed by atoms with Gasteiger partial charge in [0.1, 0.15) is 5.82 Å². The summed E-state index contributed by atoms with van der Waals surface area (Å²) in [7, 11) is -1.24. The van der Waals surface area contributed by atoms with Crippen molar-refractivity contribution in [2.45, 2.75) is 50.0 Å². The van der Waals surface area contributed by atoms with Crippen LogP contribution in [0.1, 0.15) is 44.1 Å². The molecule has 2 aliphatic rings. The molecular weight excluding hydrogens is 480 g/mol. The fourth-order valence-corrected chi connectivity index (χ4v) is 5.84. The molecular formula is C19H29FIN3O2S. The van der Waals surface area contributed by atoms with Crippen molar-refractivity contribution in [2.24, 2.45) is 4.99 Å². The Hall–Kier alpha value is -0.900. The highest BCUT2D eigenvalue weighted by atomic mass is 127. The number of rotatable bonds is 4. The predicted molar refractivity (Wildman–Crippen MR) is 118 cm³/mol. The van der Waals surface area contributed by atoms with Gasteiger partial charge in [-0.15, -0.1) is 24.0 Å². The molecule has 1 aromatic carbocycles. The molecule has 1 atom stereocenters. The van der Waals surface area contributed by atoms with E-state index in [1.54, 1.807) is 19.2 Å². The van der Waals surface area contributed by atoms with Gasteiger partial charge in [-0.05, 0) is 37.0 Å². The number of sulfone groups is 1. The molecule has 1 unspecified atom stereocenters. The standard InChI is InChI=1S/C19H28FN3O2S.HI/c1-21-18(23-17-8-11-26(24,25)13-17)22-14-19(9-3-2-4-10-19)15-6-5-7-16(20)12-15;/h5-7,12,17H,2-4,8-11,13-14H2,1H3,(H2,21,22,23);1H. The lowest BCUT2D eigenvalue weighted by molar-refractivity contribution is 0.290. The Kier molecular flexibility index (Phi) is 7.91. The van der Waals surface area contributed by atoms with Gasteiger partial charge in [-0.25, -0.2) is 12.8 Å². The van der Waals surface area contributed by atoms with E-state index in [2.05, 4.69) is 15.6 Å². The summed E-state index contributed by atoms with van der Waals surface area (Å²) in [5.41, 5.74) is 0.920. The minimum Gasteiger partial charge on any atom is -0.356 e. The average molecular weight is 509 g/mol. The molecule has 1 aromatic rings. The van der Waals surface area contributed by atoms with Crippen molar-refractivity contribution in [1.29, 1.82) is 0 Å². The van der Waals surface area contributed by atoms with Crippen LogP contribution >= 0.6 is 24.0 Å². The number of benzene rings is 1. The number of nitrogens with one attached hydrogen (secondary N) is 2. The Balaban J connectivity index is 0.00000261. The number of hydrogen-bond acceptors (Lipinski definition) is 3. The molecule has 1 aliphatic heterocycles. The van der Waals surface area contributed by atoms with Crippen molar-refractivity contribution in [3.8, 4) is 0 Å². The quantitative estimate of drug-likeness (QED) is 0.372. The van der Waals surface area contributed by atoms with Crippen LogP contribution in [0.25, 0.3) is 0 Å². The van der Waals surface area contributed by atoms with E-state index in [9.17, 15) is 12.8 Å². The number of guanidine groups is 1. The molecule has 2 N–H and O–H groups in total. The first-order chi connectivity index (χ1) is 12.4. The van der Waals surface area contributed by atoms with E-state index < -0.39 is 9.84 Å². The fourth-order valence-electron chi connectivity index (χ4n) is 4.16. The van der Waals surface area contributed by atoms with Crippen LogP contribution in [0.3, 0.4) is 0 Å². The van der Waals surface area contributed by atoms with Gasteiger partial charge in [-0.1, -0.05) is 31.4 Å². The molecule has 0 spiro atoms. The van der Waals surface area contributed by atoms with Gasteiger partial charge in [0.25, 0.3) is 0 Å². The third kappa shape index (κ3) is 5.79. The predicted octanol–water partition coefficient (Wildman–Crippen LogP) is 3.00. The molecule has 1 heterocycles. The monoisotopic (exact) mass is 509 g/mol. The Labute approximate surface area is 178 Å². The molecule has 27 heavy (non-hydrogen) atoms. The first kappa shape index (κ1) is 22.4. The summed E-state index contributed by atoms with van der Waals surface area (Å²) in [6.45, 7) is 0.662. The Morgan fingerprint density at radius 3 is 2.63 bits per heavy atom. The molecule has 1 aliphatic carbocycles. The molecule has 1 saturated heterocycles. The zero-order valence-electron chi connectivity index (χ0n) is 15.7. The number of nitrogens with zero attached hydrogens (tertiary/aromatic N) is 1. The van der Waals surface area contributed by atoms with E-state index in [0.29, 0.717) is 18.9 Å². The first-order valence-electron chi connectivity index (χ1n) is 9.36. The van der Waals surface area contributed by atoms with Crippen molar-refractivity contribution in [3.63, 3.8) is 0 Å². The normalized spacial score (nSPS) is 24.1. The third-order valence-corrected chi connectivity index (χ3v) is 7.41. The molecule has 8 heteroatoms. The highest BCUT2D eigenvalue weighted by molar-refractivity contribution is 14.0. The van der Waals surface area contributed by atoms with Gasteiger partial charge in [-0.3, -0.25) is 4.99 Å². The molecule has 2 fully saturated rings. The van der Waals surface area contributed by atoms with E-state index in [0.717, 1.165) is 31.2 Å². The molecule has 1 saturated carbocycles. The SMILES string of the molecule is CN=C(NCC1(c2cccc(F)c2)CCCCC1)NC1CCS(=O)(=O)C1.I. The Morgan fingerprint density at radius 1 is 1.30 bits per heavy atom. The third-order valence-electron chi connectivity index (χ3n) is 5.64. The topological polar surface area (TPSA) is 70.6 Å². The maximum Gasteiger partial charge on any atom is 0.191 e. The molecule has 3 rings (SSSR count). The summed E-state index contributed by atoms with van der Waals surface area (Å²) >= 11 is 0. The molecule has 5 nitrogen and oxygen atoms in total. The van der Waals surface area contributed by atoms with Crippen molar-refractivity contribution in [2.75, 3.05) is 25.1 Å². The second-order valence-electron chi connectivity index (χ2n) is 7.52. The van der Waals surface area contributed by atoms with E-state index in [4.69, 9.17) is 0 Å². The zero-order valence-corrected chi connectivity index (χ0v) is 18.9. The van der Waals surface area contributed by atoms with Gasteiger partial charge in [0.2, 0.25) is 0 Å². The van der Waals surface area contributed by atoms with Gasteiger partial charge in [0, 0.05) is 25.0 Å². The van der Waals surface area contributed by atoms with Crippen molar-refractivity contribution >= 4 is 39.8 Å². The lowest BCUT2D eigenvalue weighted by atomic mass is 9.69. The number of hydrogen-bond donors (Lipinski definition) is 2. The summed E-state index contributed by atoms with van der Waals surface area (Å²) in [5.74, 6) is 0.803. The van der Waals surface area contributed by atoms with Gasteiger partial charge >= 0.3 is 0 Å². The van der Waals surface area contributed by atoms with Crippen LogP contribution < -0.4 is 10.6 Å². The van der Waals surface area contributed by atoms with Gasteiger partial charge in [0.05, 0.1) is 11.5 Å². The lowest BCUT2D eigenvalue weighted by Gasteiger charge is -2.38. The van der Waals surface area contributed by atoms with Crippen LogP contribution in [0.4, 0.5) is 4.39 Å². The van der Waals surface area contributed by atoms with Gasteiger partial charge in [-0.2, -0.15) is 0 Å². The summed E-state index contributed by atoms with van der Waals surface area (Å²) in [6, 6.07) is 6.82. The van der Waals surface area contributed by atoms with Crippen molar-refractivity contribution < 1.29 is 12.8 Å². The highest BCUT2D eigenvalue weighted by Crippen LogP contribution is 2.39. The van der Waals surface area contributed by atoms with Gasteiger partial charge < -0.3 is 10.6 Å². The summed E-state index contributed by atoms with van der Waals surface area (Å²) in [5, 5.41) is 6.60.